The summed E-state index contributed by atoms with van der Waals surface area (Å²) in [7, 11) is 1.70. The van der Waals surface area contributed by atoms with E-state index >= 15 is 0 Å². The fraction of sp³-hybridized carbons (Fsp3) is 0.500. The number of ether oxygens (including phenoxy) is 2. The number of carbonyl (C=O) groups is 2. The summed E-state index contributed by atoms with van der Waals surface area (Å²) in [6, 6.07) is 19.4. The summed E-state index contributed by atoms with van der Waals surface area (Å²) in [6.07, 6.45) is 3.92. The Morgan fingerprint density at radius 3 is 1.91 bits per heavy atom. The number of amides is 1. The molecule has 0 N–H and O–H groups in total. The van der Waals surface area contributed by atoms with Gasteiger partial charge < -0.3 is 14.4 Å². The van der Waals surface area contributed by atoms with Gasteiger partial charge in [-0.15, -0.1) is 0 Å². The Kier molecular flexibility index (Phi) is 16.4. The van der Waals surface area contributed by atoms with Crippen molar-refractivity contribution in [1.82, 2.24) is 4.90 Å². The average Bonchev–Trinajstić information content (AvgIpc) is 3.07. The first-order valence-electron chi connectivity index (χ1n) is 11.8. The molecule has 0 aliphatic carbocycles. The minimum absolute atomic E-state index is 0.148. The molecule has 1 fully saturated rings. The summed E-state index contributed by atoms with van der Waals surface area (Å²) < 4.78 is 10.7. The third kappa shape index (κ3) is 15.7. The largest absolute Gasteiger partial charge is 0.444 e. The summed E-state index contributed by atoms with van der Waals surface area (Å²) in [5.74, 6) is 0. The van der Waals surface area contributed by atoms with Crippen LogP contribution >= 0.6 is 0 Å². The number of methoxy groups -OCH3 is 1. The maximum Gasteiger partial charge on any atom is 0.410 e. The molecule has 5 heteroatoms. The zero-order valence-corrected chi connectivity index (χ0v) is 21.5. The molecule has 184 valence electrons. The molecule has 0 saturated carbocycles. The van der Waals surface area contributed by atoms with E-state index in [1.807, 2.05) is 71.0 Å². The molecule has 0 radical (unpaired) electrons. The van der Waals surface area contributed by atoms with E-state index in [1.54, 1.807) is 24.1 Å². The van der Waals surface area contributed by atoms with Gasteiger partial charge >= 0.3 is 6.09 Å². The van der Waals surface area contributed by atoms with E-state index in [-0.39, 0.29) is 12.2 Å². The van der Waals surface area contributed by atoms with Crippen molar-refractivity contribution in [3.63, 3.8) is 0 Å². The summed E-state index contributed by atoms with van der Waals surface area (Å²) in [4.78, 5) is 23.6. The zero-order valence-electron chi connectivity index (χ0n) is 21.5. The number of benzene rings is 2. The van der Waals surface area contributed by atoms with Crippen LogP contribution in [0.1, 0.15) is 69.8 Å². The van der Waals surface area contributed by atoms with Gasteiger partial charge in [-0.25, -0.2) is 4.79 Å². The van der Waals surface area contributed by atoms with Gasteiger partial charge in [0, 0.05) is 19.2 Å². The first-order chi connectivity index (χ1) is 15.7. The van der Waals surface area contributed by atoms with Crippen molar-refractivity contribution >= 4 is 12.4 Å². The summed E-state index contributed by atoms with van der Waals surface area (Å²) in [5.41, 5.74) is 1.63. The average molecular weight is 458 g/mol. The number of likely N-dealkylation sites (tertiary alicyclic amines) is 1. The van der Waals surface area contributed by atoms with Crippen LogP contribution in [0.25, 0.3) is 0 Å². The van der Waals surface area contributed by atoms with E-state index in [2.05, 4.69) is 19.1 Å². The van der Waals surface area contributed by atoms with Crippen LogP contribution in [0.4, 0.5) is 4.79 Å². The molecule has 1 atom stereocenters. The molecule has 0 spiro atoms. The van der Waals surface area contributed by atoms with Crippen molar-refractivity contribution in [3.8, 4) is 0 Å². The smallest absolute Gasteiger partial charge is 0.410 e. The second kappa shape index (κ2) is 17.8. The van der Waals surface area contributed by atoms with Crippen molar-refractivity contribution < 1.29 is 19.1 Å². The lowest BCUT2D eigenvalue weighted by Gasteiger charge is -2.27. The second-order valence-electron chi connectivity index (χ2n) is 8.46. The third-order valence-corrected chi connectivity index (χ3v) is 4.49. The molecule has 33 heavy (non-hydrogen) atoms. The lowest BCUT2D eigenvalue weighted by molar-refractivity contribution is 0.0116. The predicted molar refractivity (Wildman–Crippen MR) is 137 cm³/mol. The molecule has 1 amide bonds. The van der Waals surface area contributed by atoms with Gasteiger partial charge in [0.1, 0.15) is 11.9 Å². The van der Waals surface area contributed by atoms with Gasteiger partial charge in [0.15, 0.2) is 0 Å². The minimum atomic E-state index is -0.425. The number of hydrogen-bond acceptors (Lipinski definition) is 4. The summed E-state index contributed by atoms with van der Waals surface area (Å²) >= 11 is 0. The van der Waals surface area contributed by atoms with Crippen LogP contribution in [-0.4, -0.2) is 49.2 Å². The molecule has 2 aromatic rings. The Bertz CT molecular complexity index is 741. The van der Waals surface area contributed by atoms with Gasteiger partial charge in [-0.1, -0.05) is 80.1 Å². The standard InChI is InChI=1S/C12H23NO3.C7H6O.C7H8.C2H6/c1-12(2,3)16-11(14)13-8-6-5-7-10(9-13)15-4;8-6-7-4-2-1-3-5-7;1-7-5-3-2-4-6-7;1-2/h10H,5-9H2,1-4H3;1-6H;2-6H,1H3;1-2H3. The minimum Gasteiger partial charge on any atom is -0.444 e. The first-order valence-corrected chi connectivity index (χ1v) is 11.8. The van der Waals surface area contributed by atoms with Crippen molar-refractivity contribution in [2.75, 3.05) is 20.2 Å². The van der Waals surface area contributed by atoms with Gasteiger partial charge in [0.2, 0.25) is 0 Å². The fourth-order valence-electron chi connectivity index (χ4n) is 2.85. The van der Waals surface area contributed by atoms with Crippen LogP contribution in [0.2, 0.25) is 0 Å². The van der Waals surface area contributed by atoms with E-state index in [0.717, 1.165) is 37.7 Å². The topological polar surface area (TPSA) is 55.8 Å². The Hall–Kier alpha value is -2.66. The van der Waals surface area contributed by atoms with Crippen molar-refractivity contribution in [1.29, 1.82) is 0 Å². The van der Waals surface area contributed by atoms with Crippen molar-refractivity contribution in [3.05, 3.63) is 71.8 Å². The SMILES string of the molecule is CC.COC1CCCCN(C(=O)OC(C)(C)C)C1.Cc1ccccc1.O=Cc1ccccc1. The van der Waals surface area contributed by atoms with Crippen molar-refractivity contribution in [2.24, 2.45) is 0 Å². The maximum absolute atomic E-state index is 11.9. The number of hydrogen-bond donors (Lipinski definition) is 0. The molecule has 3 rings (SSSR count). The zero-order chi connectivity index (χ0) is 25.1. The van der Waals surface area contributed by atoms with Gasteiger partial charge in [0.25, 0.3) is 0 Å². The van der Waals surface area contributed by atoms with Crippen LogP contribution in [0.15, 0.2) is 60.7 Å². The molecule has 1 saturated heterocycles. The highest BCUT2D eigenvalue weighted by atomic mass is 16.6. The third-order valence-electron chi connectivity index (χ3n) is 4.49. The molecule has 5 nitrogen and oxygen atoms in total. The monoisotopic (exact) mass is 457 g/mol. The van der Waals surface area contributed by atoms with Gasteiger partial charge in [-0.05, 0) is 47.0 Å². The Labute approximate surface area is 201 Å². The number of aldehydes is 1. The summed E-state index contributed by atoms with van der Waals surface area (Å²) in [6.45, 7) is 13.2. The highest BCUT2D eigenvalue weighted by Gasteiger charge is 2.26. The van der Waals surface area contributed by atoms with Crippen LogP contribution in [-0.2, 0) is 9.47 Å². The predicted octanol–water partition coefficient (Wildman–Crippen LogP) is 6.94. The van der Waals surface area contributed by atoms with Crippen LogP contribution in [0.5, 0.6) is 0 Å². The van der Waals surface area contributed by atoms with E-state index in [0.29, 0.717) is 6.54 Å². The van der Waals surface area contributed by atoms with Crippen LogP contribution < -0.4 is 0 Å². The number of aryl methyl sites for hydroxylation is 1. The highest BCUT2D eigenvalue weighted by molar-refractivity contribution is 5.74. The molecular weight excluding hydrogens is 414 g/mol. The Balaban J connectivity index is 0.000000500. The number of carbonyl (C=O) groups excluding carboxylic acids is 2. The van der Waals surface area contributed by atoms with Crippen molar-refractivity contribution in [2.45, 2.75) is 72.5 Å². The molecule has 1 heterocycles. The highest BCUT2D eigenvalue weighted by Crippen LogP contribution is 2.16. The van der Waals surface area contributed by atoms with Gasteiger partial charge in [-0.3, -0.25) is 4.79 Å². The number of nitrogens with zero attached hydrogens (tertiary/aromatic N) is 1. The molecule has 1 aliphatic heterocycles. The maximum atomic E-state index is 11.9. The first kappa shape index (κ1) is 30.3. The summed E-state index contributed by atoms with van der Waals surface area (Å²) in [5, 5.41) is 0. The molecule has 0 aromatic heterocycles. The molecule has 2 aromatic carbocycles. The lowest BCUT2D eigenvalue weighted by Crippen LogP contribution is -2.40. The van der Waals surface area contributed by atoms with Crippen LogP contribution in [0.3, 0.4) is 0 Å². The fourth-order valence-corrected chi connectivity index (χ4v) is 2.85. The lowest BCUT2D eigenvalue weighted by atomic mass is 10.2. The second-order valence-corrected chi connectivity index (χ2v) is 8.46. The molecular formula is C28H43NO4. The van der Waals surface area contributed by atoms with E-state index < -0.39 is 5.60 Å². The number of rotatable bonds is 2. The Morgan fingerprint density at radius 2 is 1.52 bits per heavy atom. The van der Waals surface area contributed by atoms with Gasteiger partial charge in [0.05, 0.1) is 12.6 Å². The molecule has 1 aliphatic rings. The van der Waals surface area contributed by atoms with Gasteiger partial charge in [-0.2, -0.15) is 0 Å². The molecule has 1 unspecified atom stereocenters. The quantitative estimate of drug-likeness (QED) is 0.458. The molecule has 0 bridgehead atoms. The Morgan fingerprint density at radius 1 is 0.970 bits per heavy atom. The van der Waals surface area contributed by atoms with Crippen LogP contribution in [0, 0.1) is 6.92 Å². The van der Waals surface area contributed by atoms with E-state index in [4.69, 9.17) is 9.47 Å². The van der Waals surface area contributed by atoms with E-state index in [1.165, 1.54) is 5.56 Å². The normalized spacial score (nSPS) is 15.1. The van der Waals surface area contributed by atoms with E-state index in [9.17, 15) is 9.59 Å².